The van der Waals surface area contributed by atoms with E-state index in [0.717, 1.165) is 22.3 Å². The van der Waals surface area contributed by atoms with Crippen molar-refractivity contribution in [2.45, 2.75) is 50.9 Å². The van der Waals surface area contributed by atoms with Gasteiger partial charge in [0.25, 0.3) is 0 Å². The van der Waals surface area contributed by atoms with Crippen LogP contribution in [-0.2, 0) is 9.53 Å². The summed E-state index contributed by atoms with van der Waals surface area (Å²) in [7, 11) is -2.11. The molecule has 0 bridgehead atoms. The number of ether oxygens (including phenoxy) is 1. The maximum Gasteiger partial charge on any atom is 0.408 e. The number of fused-ring (bicyclic) bond motifs is 3. The van der Waals surface area contributed by atoms with Crippen LogP contribution < -0.4 is 9.74 Å². The Morgan fingerprint density at radius 2 is 1.53 bits per heavy atom. The van der Waals surface area contributed by atoms with Gasteiger partial charge >= 0.3 is 12.1 Å². The number of nitrogens with one attached hydrogen (secondary N) is 1. The highest BCUT2D eigenvalue weighted by Gasteiger charge is 2.39. The number of carboxylic acid groups (broad SMARTS) is 1. The van der Waals surface area contributed by atoms with Crippen LogP contribution in [0.5, 0.6) is 5.75 Å². The lowest BCUT2D eigenvalue weighted by atomic mass is 9.98. The van der Waals surface area contributed by atoms with Gasteiger partial charge in [-0.1, -0.05) is 81.4 Å². The minimum atomic E-state index is -2.11. The Morgan fingerprint density at radius 3 is 2.08 bits per heavy atom. The van der Waals surface area contributed by atoms with E-state index in [4.69, 9.17) is 9.16 Å². The fraction of sp³-hybridized carbons (Fsp3) is 0.310. The van der Waals surface area contributed by atoms with Gasteiger partial charge in [0, 0.05) is 5.92 Å². The molecule has 6 nitrogen and oxygen atoms in total. The Balaban J connectivity index is 1.47. The Hall–Kier alpha value is -3.58. The molecule has 0 aliphatic heterocycles. The van der Waals surface area contributed by atoms with Gasteiger partial charge in [-0.3, -0.25) is 0 Å². The van der Waals surface area contributed by atoms with Crippen molar-refractivity contribution >= 4 is 20.4 Å². The van der Waals surface area contributed by atoms with E-state index < -0.39 is 26.4 Å². The lowest BCUT2D eigenvalue weighted by Gasteiger charge is -2.36. The van der Waals surface area contributed by atoms with E-state index in [1.165, 1.54) is 0 Å². The van der Waals surface area contributed by atoms with Crippen LogP contribution in [0.3, 0.4) is 0 Å². The van der Waals surface area contributed by atoms with Crippen molar-refractivity contribution in [3.63, 3.8) is 0 Å². The largest absolute Gasteiger partial charge is 0.543 e. The van der Waals surface area contributed by atoms with Gasteiger partial charge in [0.2, 0.25) is 8.32 Å². The van der Waals surface area contributed by atoms with Gasteiger partial charge in [0.15, 0.2) is 6.04 Å². The summed E-state index contributed by atoms with van der Waals surface area (Å²) in [6.07, 6.45) is -0.778. The normalized spacial score (nSPS) is 13.9. The van der Waals surface area contributed by atoms with Gasteiger partial charge in [-0.05, 0) is 58.1 Å². The van der Waals surface area contributed by atoms with Crippen LogP contribution in [-0.4, -0.2) is 32.1 Å². The SMILES string of the molecule is CC(C)(C)[Si](C)(C)Oc1cccc([C@@H](NC(=O)OCC2c3ccccc3-c3ccccc32)C(=O)O)c1. The minimum absolute atomic E-state index is 0.00522. The maximum atomic E-state index is 12.7. The third-order valence-electron chi connectivity index (χ3n) is 7.22. The molecular formula is C29H33NO5Si. The molecule has 0 radical (unpaired) electrons. The van der Waals surface area contributed by atoms with E-state index in [-0.39, 0.29) is 17.6 Å². The number of alkyl carbamates (subject to hydrolysis) is 1. The van der Waals surface area contributed by atoms with Crippen LogP contribution >= 0.6 is 0 Å². The smallest absolute Gasteiger partial charge is 0.408 e. The van der Waals surface area contributed by atoms with Gasteiger partial charge in [0.05, 0.1) is 0 Å². The molecule has 1 aliphatic carbocycles. The van der Waals surface area contributed by atoms with Crippen molar-refractivity contribution in [3.05, 3.63) is 89.5 Å². The lowest BCUT2D eigenvalue weighted by molar-refractivity contribution is -0.139. The first-order chi connectivity index (χ1) is 17.0. The van der Waals surface area contributed by atoms with Crippen molar-refractivity contribution < 1.29 is 23.9 Å². The number of hydrogen-bond donors (Lipinski definition) is 2. The zero-order valence-electron chi connectivity index (χ0n) is 21.4. The van der Waals surface area contributed by atoms with Crippen LogP contribution in [0.4, 0.5) is 4.79 Å². The molecule has 0 heterocycles. The number of carboxylic acids is 1. The van der Waals surface area contributed by atoms with Crippen molar-refractivity contribution in [3.8, 4) is 16.9 Å². The Labute approximate surface area is 213 Å². The molecule has 2 N–H and O–H groups in total. The maximum absolute atomic E-state index is 12.7. The van der Waals surface area contributed by atoms with Gasteiger partial charge < -0.3 is 19.6 Å². The Morgan fingerprint density at radius 1 is 0.944 bits per heavy atom. The fourth-order valence-electron chi connectivity index (χ4n) is 4.25. The first kappa shape index (κ1) is 25.5. The van der Waals surface area contributed by atoms with Crippen LogP contribution in [0, 0.1) is 0 Å². The predicted molar refractivity (Wildman–Crippen MR) is 143 cm³/mol. The summed E-state index contributed by atoms with van der Waals surface area (Å²) in [5.74, 6) is -0.680. The molecule has 0 aromatic heterocycles. The molecule has 0 saturated carbocycles. The minimum Gasteiger partial charge on any atom is -0.543 e. The molecule has 0 saturated heterocycles. The Bertz CT molecular complexity index is 1230. The molecule has 3 aromatic carbocycles. The van der Waals surface area contributed by atoms with Crippen molar-refractivity contribution in [1.82, 2.24) is 5.32 Å². The highest BCUT2D eigenvalue weighted by atomic mass is 28.4. The highest BCUT2D eigenvalue weighted by Crippen LogP contribution is 2.44. The summed E-state index contributed by atoms with van der Waals surface area (Å²) in [6.45, 7) is 10.8. The zero-order valence-corrected chi connectivity index (χ0v) is 22.4. The quantitative estimate of drug-likeness (QED) is 0.349. The summed E-state index contributed by atoms with van der Waals surface area (Å²) in [5, 5.41) is 12.4. The first-order valence-corrected chi connectivity index (χ1v) is 15.0. The monoisotopic (exact) mass is 503 g/mol. The average molecular weight is 504 g/mol. The number of aliphatic carboxylic acids is 1. The third-order valence-corrected chi connectivity index (χ3v) is 11.6. The third kappa shape index (κ3) is 5.16. The zero-order chi connectivity index (χ0) is 26.1. The number of carbonyl (C=O) groups excluding carboxylic acids is 1. The molecule has 3 aromatic rings. The van der Waals surface area contributed by atoms with Gasteiger partial charge in [-0.15, -0.1) is 0 Å². The number of amides is 1. The average Bonchev–Trinajstić information content (AvgIpc) is 3.14. The molecule has 0 spiro atoms. The van der Waals surface area contributed by atoms with Crippen LogP contribution in [0.1, 0.15) is 49.4 Å². The van der Waals surface area contributed by atoms with Crippen LogP contribution in [0.2, 0.25) is 18.1 Å². The molecule has 36 heavy (non-hydrogen) atoms. The van der Waals surface area contributed by atoms with E-state index in [9.17, 15) is 14.7 Å². The van der Waals surface area contributed by atoms with E-state index in [0.29, 0.717) is 11.3 Å². The molecular weight excluding hydrogens is 470 g/mol. The predicted octanol–water partition coefficient (Wildman–Crippen LogP) is 6.74. The standard InChI is InChI=1S/C29H33NO5Si/c1-29(2,3)36(4,5)35-20-12-10-11-19(17-20)26(27(31)32)30-28(33)34-18-25-23-15-8-6-13-21(23)22-14-7-9-16-24(22)25/h6-17,25-26H,18H2,1-5H3,(H,30,33)(H,31,32)/t26-/m1/s1. The molecule has 4 rings (SSSR count). The summed E-state index contributed by atoms with van der Waals surface area (Å²) in [6, 6.07) is 21.8. The second kappa shape index (κ2) is 9.82. The molecule has 0 unspecified atom stereocenters. The lowest BCUT2D eigenvalue weighted by Crippen LogP contribution is -2.43. The van der Waals surface area contributed by atoms with E-state index in [1.54, 1.807) is 18.2 Å². The molecule has 7 heteroatoms. The molecule has 1 amide bonds. The van der Waals surface area contributed by atoms with E-state index in [1.807, 2.05) is 42.5 Å². The fourth-order valence-corrected chi connectivity index (χ4v) is 5.27. The summed E-state index contributed by atoms with van der Waals surface area (Å²) >= 11 is 0. The van der Waals surface area contributed by atoms with Gasteiger partial charge in [-0.25, -0.2) is 9.59 Å². The number of benzene rings is 3. The number of hydrogen-bond acceptors (Lipinski definition) is 4. The Kier molecular flexibility index (Phi) is 6.96. The summed E-state index contributed by atoms with van der Waals surface area (Å²) in [4.78, 5) is 24.8. The topological polar surface area (TPSA) is 84.9 Å². The molecule has 0 fully saturated rings. The second-order valence-corrected chi connectivity index (χ2v) is 15.4. The number of rotatable bonds is 7. The van der Waals surface area contributed by atoms with Crippen LogP contribution in [0.25, 0.3) is 11.1 Å². The van der Waals surface area contributed by atoms with E-state index >= 15 is 0 Å². The molecule has 1 aliphatic rings. The second-order valence-electron chi connectivity index (χ2n) is 10.7. The van der Waals surface area contributed by atoms with Gasteiger partial charge in [0.1, 0.15) is 12.4 Å². The summed E-state index contributed by atoms with van der Waals surface area (Å²) in [5.41, 5.74) is 4.87. The van der Waals surface area contributed by atoms with Crippen molar-refractivity contribution in [2.24, 2.45) is 0 Å². The highest BCUT2D eigenvalue weighted by molar-refractivity contribution is 6.74. The molecule has 188 valence electrons. The summed E-state index contributed by atoms with van der Waals surface area (Å²) < 4.78 is 11.9. The van der Waals surface area contributed by atoms with Crippen molar-refractivity contribution in [2.75, 3.05) is 6.61 Å². The van der Waals surface area contributed by atoms with Crippen LogP contribution in [0.15, 0.2) is 72.8 Å². The van der Waals surface area contributed by atoms with E-state index in [2.05, 4.69) is 51.3 Å². The van der Waals surface area contributed by atoms with Crippen molar-refractivity contribution in [1.29, 1.82) is 0 Å². The molecule has 1 atom stereocenters. The van der Waals surface area contributed by atoms with Gasteiger partial charge in [-0.2, -0.15) is 0 Å². The number of carbonyl (C=O) groups is 2. The first-order valence-electron chi connectivity index (χ1n) is 12.1.